The number of methoxy groups -OCH3 is 1. The second kappa shape index (κ2) is 5.21. The molecule has 1 amide bonds. The molecule has 2 rings (SSSR count). The molecule has 4 nitrogen and oxygen atoms in total. The van der Waals surface area contributed by atoms with Gasteiger partial charge >= 0.3 is 0 Å². The van der Waals surface area contributed by atoms with E-state index in [4.69, 9.17) is 4.74 Å². The molecule has 4 heteroatoms. The molecule has 1 aromatic rings. The summed E-state index contributed by atoms with van der Waals surface area (Å²) in [6.45, 7) is 3.83. The largest absolute Gasteiger partial charge is 0.496 e. The van der Waals surface area contributed by atoms with Gasteiger partial charge < -0.3 is 15.2 Å². The van der Waals surface area contributed by atoms with Gasteiger partial charge in [0.25, 0.3) is 0 Å². The molecule has 0 spiro atoms. The summed E-state index contributed by atoms with van der Waals surface area (Å²) in [5, 5.41) is 12.3. The van der Waals surface area contributed by atoms with Gasteiger partial charge in [-0.2, -0.15) is 0 Å². The number of benzene rings is 1. The van der Waals surface area contributed by atoms with E-state index >= 15 is 0 Å². The number of ether oxygens (including phenoxy) is 1. The first-order chi connectivity index (χ1) is 9.02. The topological polar surface area (TPSA) is 58.6 Å². The number of aliphatic hydroxyl groups is 1. The quantitative estimate of drug-likeness (QED) is 0.877. The standard InChI is InChI=1S/C15H21NO3/c1-10-7-12(8-11(2)13(10)19-3)16-14(18)15(9-17)5-4-6-15/h7-8,17H,4-6,9H2,1-3H3,(H,16,18). The van der Waals surface area contributed by atoms with Crippen LogP contribution in [0.2, 0.25) is 0 Å². The van der Waals surface area contributed by atoms with Gasteiger partial charge in [0.05, 0.1) is 19.1 Å². The zero-order valence-electron chi connectivity index (χ0n) is 11.7. The van der Waals surface area contributed by atoms with Gasteiger partial charge in [-0.3, -0.25) is 4.79 Å². The molecule has 0 aromatic heterocycles. The number of amides is 1. The molecule has 1 aromatic carbocycles. The van der Waals surface area contributed by atoms with Crippen LogP contribution in [0.15, 0.2) is 12.1 Å². The smallest absolute Gasteiger partial charge is 0.232 e. The molecule has 1 fully saturated rings. The number of nitrogens with one attached hydrogen (secondary N) is 1. The first-order valence-corrected chi connectivity index (χ1v) is 6.60. The van der Waals surface area contributed by atoms with E-state index in [2.05, 4.69) is 5.32 Å². The van der Waals surface area contributed by atoms with E-state index in [1.54, 1.807) is 7.11 Å². The van der Waals surface area contributed by atoms with Crippen molar-refractivity contribution < 1.29 is 14.6 Å². The normalized spacial score (nSPS) is 16.6. The minimum absolute atomic E-state index is 0.0764. The summed E-state index contributed by atoms with van der Waals surface area (Å²) in [5.74, 6) is 0.767. The van der Waals surface area contributed by atoms with Crippen LogP contribution in [0.4, 0.5) is 5.69 Å². The summed E-state index contributed by atoms with van der Waals surface area (Å²) in [5.41, 5.74) is 2.18. The number of hydrogen-bond acceptors (Lipinski definition) is 3. The first-order valence-electron chi connectivity index (χ1n) is 6.60. The summed E-state index contributed by atoms with van der Waals surface area (Å²) in [4.78, 5) is 12.2. The Morgan fingerprint density at radius 3 is 2.32 bits per heavy atom. The maximum absolute atomic E-state index is 12.2. The molecule has 0 aliphatic heterocycles. The Balaban J connectivity index is 2.18. The van der Waals surface area contributed by atoms with Crippen molar-refractivity contribution in [2.45, 2.75) is 33.1 Å². The average molecular weight is 263 g/mol. The van der Waals surface area contributed by atoms with Gasteiger partial charge in [0.1, 0.15) is 5.75 Å². The Hall–Kier alpha value is -1.55. The number of hydrogen-bond donors (Lipinski definition) is 2. The average Bonchev–Trinajstić information content (AvgIpc) is 2.27. The van der Waals surface area contributed by atoms with E-state index in [9.17, 15) is 9.90 Å². The molecule has 1 aliphatic rings. The van der Waals surface area contributed by atoms with Crippen LogP contribution in [0.25, 0.3) is 0 Å². The van der Waals surface area contributed by atoms with E-state index in [1.165, 1.54) is 0 Å². The molecule has 0 heterocycles. The fourth-order valence-electron chi connectivity index (χ4n) is 2.67. The van der Waals surface area contributed by atoms with Crippen molar-refractivity contribution in [2.24, 2.45) is 5.41 Å². The molecule has 0 atom stereocenters. The monoisotopic (exact) mass is 263 g/mol. The zero-order chi connectivity index (χ0) is 14.0. The maximum Gasteiger partial charge on any atom is 0.232 e. The molecule has 0 saturated heterocycles. The SMILES string of the molecule is COc1c(C)cc(NC(=O)C2(CO)CCC2)cc1C. The van der Waals surface area contributed by atoms with Gasteiger partial charge in [-0.25, -0.2) is 0 Å². The van der Waals surface area contributed by atoms with Gasteiger partial charge in [-0.15, -0.1) is 0 Å². The number of carbonyl (C=O) groups is 1. The van der Waals surface area contributed by atoms with E-state index in [0.717, 1.165) is 41.8 Å². The van der Waals surface area contributed by atoms with Crippen LogP contribution in [0.5, 0.6) is 5.75 Å². The van der Waals surface area contributed by atoms with Gasteiger partial charge in [0.15, 0.2) is 0 Å². The summed E-state index contributed by atoms with van der Waals surface area (Å²) in [6, 6.07) is 3.79. The third-order valence-corrected chi connectivity index (χ3v) is 4.02. The minimum atomic E-state index is -0.568. The Labute approximate surface area is 113 Å². The van der Waals surface area contributed by atoms with Crippen LogP contribution in [0.3, 0.4) is 0 Å². The van der Waals surface area contributed by atoms with Gasteiger partial charge in [0.2, 0.25) is 5.91 Å². The number of anilines is 1. The first kappa shape index (κ1) is 13.9. The molecule has 0 bridgehead atoms. The number of aliphatic hydroxyl groups excluding tert-OH is 1. The Bertz CT molecular complexity index is 464. The molecular formula is C15H21NO3. The predicted octanol–water partition coefficient (Wildman–Crippen LogP) is 2.41. The minimum Gasteiger partial charge on any atom is -0.496 e. The number of rotatable bonds is 4. The highest BCUT2D eigenvalue weighted by molar-refractivity contribution is 5.96. The maximum atomic E-state index is 12.2. The van der Waals surface area contributed by atoms with E-state index in [1.807, 2.05) is 26.0 Å². The van der Waals surface area contributed by atoms with Crippen LogP contribution >= 0.6 is 0 Å². The summed E-state index contributed by atoms with van der Waals surface area (Å²) < 4.78 is 5.30. The van der Waals surface area contributed by atoms with Crippen molar-refractivity contribution in [2.75, 3.05) is 19.0 Å². The van der Waals surface area contributed by atoms with E-state index < -0.39 is 5.41 Å². The van der Waals surface area contributed by atoms with Gasteiger partial charge in [0, 0.05) is 5.69 Å². The lowest BCUT2D eigenvalue weighted by Crippen LogP contribution is -2.44. The molecule has 1 saturated carbocycles. The van der Waals surface area contributed by atoms with Crippen molar-refractivity contribution in [3.63, 3.8) is 0 Å². The molecular weight excluding hydrogens is 242 g/mol. The van der Waals surface area contributed by atoms with Crippen LogP contribution < -0.4 is 10.1 Å². The third kappa shape index (κ3) is 2.45. The van der Waals surface area contributed by atoms with Gasteiger partial charge in [-0.05, 0) is 49.9 Å². The van der Waals surface area contributed by atoms with Crippen LogP contribution in [-0.4, -0.2) is 24.7 Å². The molecule has 19 heavy (non-hydrogen) atoms. The third-order valence-electron chi connectivity index (χ3n) is 4.02. The predicted molar refractivity (Wildman–Crippen MR) is 74.5 cm³/mol. The van der Waals surface area contributed by atoms with Crippen LogP contribution in [-0.2, 0) is 4.79 Å². The van der Waals surface area contributed by atoms with Crippen molar-refractivity contribution >= 4 is 11.6 Å². The number of carbonyl (C=O) groups excluding carboxylic acids is 1. The van der Waals surface area contributed by atoms with E-state index in [-0.39, 0.29) is 12.5 Å². The summed E-state index contributed by atoms with van der Waals surface area (Å²) >= 11 is 0. The number of aryl methyl sites for hydroxylation is 2. The Morgan fingerprint density at radius 2 is 1.95 bits per heavy atom. The summed E-state index contributed by atoms with van der Waals surface area (Å²) in [7, 11) is 1.64. The molecule has 2 N–H and O–H groups in total. The lowest BCUT2D eigenvalue weighted by molar-refractivity contribution is -0.133. The Morgan fingerprint density at radius 1 is 1.37 bits per heavy atom. The second-order valence-corrected chi connectivity index (χ2v) is 5.39. The van der Waals surface area contributed by atoms with Crippen molar-refractivity contribution in [3.8, 4) is 5.75 Å². The van der Waals surface area contributed by atoms with Crippen molar-refractivity contribution in [1.29, 1.82) is 0 Å². The van der Waals surface area contributed by atoms with Crippen molar-refractivity contribution in [3.05, 3.63) is 23.3 Å². The second-order valence-electron chi connectivity index (χ2n) is 5.39. The molecule has 1 aliphatic carbocycles. The molecule has 0 radical (unpaired) electrons. The van der Waals surface area contributed by atoms with Crippen molar-refractivity contribution in [1.82, 2.24) is 0 Å². The zero-order valence-corrected chi connectivity index (χ0v) is 11.7. The van der Waals surface area contributed by atoms with Crippen LogP contribution in [0, 0.1) is 19.3 Å². The molecule has 0 unspecified atom stereocenters. The highest BCUT2D eigenvalue weighted by Gasteiger charge is 2.43. The highest BCUT2D eigenvalue weighted by Crippen LogP contribution is 2.41. The molecule has 104 valence electrons. The highest BCUT2D eigenvalue weighted by atomic mass is 16.5. The van der Waals surface area contributed by atoms with E-state index in [0.29, 0.717) is 0 Å². The summed E-state index contributed by atoms with van der Waals surface area (Å²) in [6.07, 6.45) is 2.54. The van der Waals surface area contributed by atoms with Gasteiger partial charge in [-0.1, -0.05) is 6.42 Å². The van der Waals surface area contributed by atoms with Crippen LogP contribution in [0.1, 0.15) is 30.4 Å². The fourth-order valence-corrected chi connectivity index (χ4v) is 2.67. The lowest BCUT2D eigenvalue weighted by atomic mass is 9.68. The fraction of sp³-hybridized carbons (Fsp3) is 0.533. The Kier molecular flexibility index (Phi) is 3.80. The lowest BCUT2D eigenvalue weighted by Gasteiger charge is -2.38.